The van der Waals surface area contributed by atoms with Crippen molar-refractivity contribution in [2.24, 2.45) is 0 Å². The minimum Gasteiger partial charge on any atom is -0.394 e. The van der Waals surface area contributed by atoms with E-state index in [0.717, 1.165) is 55.2 Å². The summed E-state index contributed by atoms with van der Waals surface area (Å²) in [5.74, 6) is 0. The van der Waals surface area contributed by atoms with Crippen LogP contribution in [0.2, 0.25) is 0 Å². The third kappa shape index (κ3) is 8.73. The van der Waals surface area contributed by atoms with Crippen LogP contribution in [-0.2, 0) is 25.7 Å². The molecular formula is C32H48O6. The number of rotatable bonds is 17. The molecule has 0 saturated heterocycles. The van der Waals surface area contributed by atoms with E-state index in [-0.39, 0.29) is 19.3 Å². The molecule has 0 spiro atoms. The van der Waals surface area contributed by atoms with E-state index in [1.807, 2.05) is 42.5 Å². The van der Waals surface area contributed by atoms with E-state index in [9.17, 15) is 30.6 Å². The van der Waals surface area contributed by atoms with Crippen LogP contribution in [0.1, 0.15) is 75.1 Å². The summed E-state index contributed by atoms with van der Waals surface area (Å²) in [7, 11) is 0. The highest BCUT2D eigenvalue weighted by Crippen LogP contribution is 2.35. The van der Waals surface area contributed by atoms with Crippen molar-refractivity contribution in [3.63, 3.8) is 0 Å². The van der Waals surface area contributed by atoms with Crippen LogP contribution < -0.4 is 0 Å². The minimum absolute atomic E-state index is 0.0185. The van der Waals surface area contributed by atoms with Crippen molar-refractivity contribution < 1.29 is 30.6 Å². The van der Waals surface area contributed by atoms with Crippen molar-refractivity contribution in [3.8, 4) is 0 Å². The minimum atomic E-state index is -2.35. The first-order chi connectivity index (χ1) is 18.1. The highest BCUT2D eigenvalue weighted by molar-refractivity contribution is 5.29. The monoisotopic (exact) mass is 528 g/mol. The zero-order chi connectivity index (χ0) is 28.2. The molecule has 0 bridgehead atoms. The van der Waals surface area contributed by atoms with Crippen molar-refractivity contribution in [1.29, 1.82) is 0 Å². The van der Waals surface area contributed by atoms with Crippen molar-refractivity contribution >= 4 is 0 Å². The molecule has 0 radical (unpaired) electrons. The quantitative estimate of drug-likeness (QED) is 0.174. The number of benzene rings is 2. The van der Waals surface area contributed by atoms with Crippen molar-refractivity contribution in [1.82, 2.24) is 0 Å². The normalized spacial score (nSPS) is 17.6. The molecule has 6 nitrogen and oxygen atoms in total. The largest absolute Gasteiger partial charge is 0.394 e. The van der Waals surface area contributed by atoms with Crippen LogP contribution in [0.15, 0.2) is 60.7 Å². The Hall–Kier alpha value is -2.06. The van der Waals surface area contributed by atoms with E-state index in [1.165, 1.54) is 0 Å². The smallest absolute Gasteiger partial charge is 0.126 e. The molecule has 0 fully saturated rings. The molecule has 2 aromatic rings. The Morgan fingerprint density at radius 2 is 1.29 bits per heavy atom. The van der Waals surface area contributed by atoms with Crippen molar-refractivity contribution in [3.05, 3.63) is 82.9 Å². The molecular weight excluding hydrogens is 480 g/mol. The second-order valence-corrected chi connectivity index (χ2v) is 10.7. The first-order valence-corrected chi connectivity index (χ1v) is 14.0. The van der Waals surface area contributed by atoms with Gasteiger partial charge in [-0.3, -0.25) is 0 Å². The predicted octanol–water partition coefficient (Wildman–Crippen LogP) is 3.66. The Labute approximate surface area is 228 Å². The van der Waals surface area contributed by atoms with E-state index in [4.69, 9.17) is 0 Å². The molecule has 5 atom stereocenters. The lowest BCUT2D eigenvalue weighted by Gasteiger charge is -2.46. The molecule has 38 heavy (non-hydrogen) atoms. The summed E-state index contributed by atoms with van der Waals surface area (Å²) >= 11 is 0. The summed E-state index contributed by atoms with van der Waals surface area (Å²) < 4.78 is 0. The molecule has 0 aromatic heterocycles. The molecule has 2 aromatic carbocycles. The molecule has 0 aliphatic rings. The van der Waals surface area contributed by atoms with E-state index in [2.05, 4.69) is 13.8 Å². The Kier molecular flexibility index (Phi) is 13.1. The number of allylic oxidation sites excluding steroid dienone is 1. The average Bonchev–Trinajstić information content (AvgIpc) is 2.92. The molecule has 0 heterocycles. The fraction of sp³-hybridized carbons (Fsp3) is 0.562. The average molecular weight is 529 g/mol. The molecule has 6 heteroatoms. The number of aryl methyl sites for hydroxylation is 2. The van der Waals surface area contributed by atoms with Gasteiger partial charge in [0.15, 0.2) is 0 Å². The van der Waals surface area contributed by atoms with E-state index in [0.29, 0.717) is 5.56 Å². The lowest BCUT2D eigenvalue weighted by molar-refractivity contribution is -0.228. The fourth-order valence-electron chi connectivity index (χ4n) is 5.10. The third-order valence-electron chi connectivity index (χ3n) is 7.37. The van der Waals surface area contributed by atoms with Crippen LogP contribution in [0.3, 0.4) is 0 Å². The molecule has 0 amide bonds. The molecule has 2 rings (SSSR count). The highest BCUT2D eigenvalue weighted by atomic mass is 16.4. The van der Waals surface area contributed by atoms with Gasteiger partial charge in [0, 0.05) is 12.8 Å². The van der Waals surface area contributed by atoms with E-state index < -0.39 is 36.1 Å². The maximum absolute atomic E-state index is 11.9. The molecule has 1 unspecified atom stereocenters. The maximum Gasteiger partial charge on any atom is 0.126 e. The van der Waals surface area contributed by atoms with Gasteiger partial charge in [0.1, 0.15) is 29.5 Å². The van der Waals surface area contributed by atoms with E-state index >= 15 is 0 Å². The zero-order valence-corrected chi connectivity index (χ0v) is 23.3. The Morgan fingerprint density at radius 1 is 0.789 bits per heavy atom. The number of hydrogen-bond acceptors (Lipinski definition) is 6. The van der Waals surface area contributed by atoms with Gasteiger partial charge in [0.25, 0.3) is 0 Å². The maximum atomic E-state index is 11.9. The fourth-order valence-corrected chi connectivity index (χ4v) is 5.10. The summed E-state index contributed by atoms with van der Waals surface area (Å²) in [6.07, 6.45) is 3.72. The Balaban J connectivity index is 2.49. The van der Waals surface area contributed by atoms with Gasteiger partial charge in [-0.05, 0) is 61.3 Å². The lowest BCUT2D eigenvalue weighted by atomic mass is 9.71. The van der Waals surface area contributed by atoms with Crippen LogP contribution in [-0.4, -0.2) is 66.8 Å². The van der Waals surface area contributed by atoms with Crippen molar-refractivity contribution in [2.75, 3.05) is 6.61 Å². The first-order valence-electron chi connectivity index (χ1n) is 14.0. The second kappa shape index (κ2) is 15.5. The van der Waals surface area contributed by atoms with Crippen molar-refractivity contribution in [2.45, 2.75) is 108 Å². The van der Waals surface area contributed by atoms with Crippen LogP contribution >= 0.6 is 0 Å². The summed E-state index contributed by atoms with van der Waals surface area (Å²) in [6.45, 7) is 5.23. The molecule has 0 saturated carbocycles. The Morgan fingerprint density at radius 3 is 1.76 bits per heavy atom. The SMILES string of the molecule is C/C=C/CC(O)(Cc1cccc(CCCC)c1)[C@@H](O)[C@@](O)(Cc1cccc(CCCC)c1)[C@H](O)[C@@H](O)CO. The second-order valence-electron chi connectivity index (χ2n) is 10.7. The van der Waals surface area contributed by atoms with Gasteiger partial charge in [-0.25, -0.2) is 0 Å². The zero-order valence-electron chi connectivity index (χ0n) is 23.3. The van der Waals surface area contributed by atoms with Crippen LogP contribution in [0.4, 0.5) is 0 Å². The van der Waals surface area contributed by atoms with Crippen LogP contribution in [0, 0.1) is 0 Å². The van der Waals surface area contributed by atoms with Crippen LogP contribution in [0.5, 0.6) is 0 Å². The lowest BCUT2D eigenvalue weighted by Crippen LogP contribution is -2.66. The molecule has 212 valence electrons. The third-order valence-corrected chi connectivity index (χ3v) is 7.37. The van der Waals surface area contributed by atoms with Gasteiger partial charge in [0.05, 0.1) is 6.61 Å². The first kappa shape index (κ1) is 32.2. The van der Waals surface area contributed by atoms with Gasteiger partial charge in [-0.2, -0.15) is 0 Å². The number of hydrogen-bond donors (Lipinski definition) is 6. The van der Waals surface area contributed by atoms with Crippen LogP contribution in [0.25, 0.3) is 0 Å². The van der Waals surface area contributed by atoms with Gasteiger partial charge >= 0.3 is 0 Å². The molecule has 0 aliphatic heterocycles. The summed E-state index contributed by atoms with van der Waals surface area (Å²) in [5, 5.41) is 66.4. The summed E-state index contributed by atoms with van der Waals surface area (Å²) in [4.78, 5) is 0. The summed E-state index contributed by atoms with van der Waals surface area (Å²) in [6, 6.07) is 15.4. The van der Waals surface area contributed by atoms with Gasteiger partial charge in [-0.15, -0.1) is 0 Å². The number of unbranched alkanes of at least 4 members (excludes halogenated alkanes) is 2. The topological polar surface area (TPSA) is 121 Å². The molecule has 6 N–H and O–H groups in total. The standard InChI is InChI=1S/C32H48O6/c1-4-7-12-24-14-10-16-26(19-24)21-31(37,18-9-6-3)30(36)32(38,29(35)28(34)23-33)22-27-17-11-15-25(20-27)13-8-5-2/h6,9-11,14-17,19-20,28-30,33-38H,4-5,7-8,12-13,18,21-23H2,1-3H3/b9-6+/t28-,29+,30+,31?,32+/m0/s1. The van der Waals surface area contributed by atoms with Gasteiger partial charge < -0.3 is 30.6 Å². The Bertz CT molecular complexity index is 991. The summed E-state index contributed by atoms with van der Waals surface area (Å²) in [5.41, 5.74) is -0.568. The molecule has 0 aliphatic carbocycles. The highest BCUT2D eigenvalue weighted by Gasteiger charge is 2.54. The number of aliphatic hydroxyl groups is 6. The van der Waals surface area contributed by atoms with Gasteiger partial charge in [-0.1, -0.05) is 87.4 Å². The van der Waals surface area contributed by atoms with E-state index in [1.54, 1.807) is 25.1 Å². The number of aliphatic hydroxyl groups excluding tert-OH is 4. The van der Waals surface area contributed by atoms with Gasteiger partial charge in [0.2, 0.25) is 0 Å². The predicted molar refractivity (Wildman–Crippen MR) is 152 cm³/mol.